The quantitative estimate of drug-likeness (QED) is 0.718. The molecule has 0 heterocycles. The summed E-state index contributed by atoms with van der Waals surface area (Å²) >= 11 is 0. The number of carbonyl (C=O) groups is 2. The van der Waals surface area contributed by atoms with Crippen molar-refractivity contribution < 1.29 is 27.8 Å². The topological polar surface area (TPSA) is 52.6 Å². The maximum absolute atomic E-state index is 13.7. The van der Waals surface area contributed by atoms with Gasteiger partial charge >= 0.3 is 17.9 Å². The first-order chi connectivity index (χ1) is 7.92. The van der Waals surface area contributed by atoms with Crippen LogP contribution in [0.1, 0.15) is 41.0 Å². The third-order valence-corrected chi connectivity index (χ3v) is 2.98. The lowest BCUT2D eigenvalue weighted by atomic mass is 9.90. The highest BCUT2D eigenvalue weighted by Crippen LogP contribution is 2.35. The van der Waals surface area contributed by atoms with Crippen LogP contribution >= 0.6 is 0 Å². The number of esters is 2. The van der Waals surface area contributed by atoms with Crippen LogP contribution in [0.3, 0.4) is 0 Å². The van der Waals surface area contributed by atoms with Gasteiger partial charge in [-0.3, -0.25) is 4.79 Å². The van der Waals surface area contributed by atoms with Crippen molar-refractivity contribution in [2.75, 3.05) is 7.11 Å². The summed E-state index contributed by atoms with van der Waals surface area (Å²) in [5.74, 6) is -6.41. The fourth-order valence-corrected chi connectivity index (χ4v) is 0.952. The van der Waals surface area contributed by atoms with Crippen molar-refractivity contribution in [2.24, 2.45) is 5.41 Å². The molecule has 0 aliphatic rings. The fraction of sp³-hybridized carbons (Fsp3) is 0.833. The van der Waals surface area contributed by atoms with Gasteiger partial charge < -0.3 is 9.47 Å². The third kappa shape index (κ3) is 3.17. The van der Waals surface area contributed by atoms with E-state index < -0.39 is 28.9 Å². The summed E-state index contributed by atoms with van der Waals surface area (Å²) in [7, 11) is 0.851. The molecule has 0 aliphatic heterocycles. The van der Waals surface area contributed by atoms with Gasteiger partial charge in [0.15, 0.2) is 5.60 Å². The predicted octanol–water partition coefficient (Wildman–Crippen LogP) is 2.55. The van der Waals surface area contributed by atoms with Gasteiger partial charge in [0, 0.05) is 0 Å². The monoisotopic (exact) mass is 266 g/mol. The molecular weight excluding hydrogens is 246 g/mol. The molecule has 0 saturated carbocycles. The summed E-state index contributed by atoms with van der Waals surface area (Å²) in [6, 6.07) is 0. The van der Waals surface area contributed by atoms with Crippen molar-refractivity contribution in [2.45, 2.75) is 52.6 Å². The highest BCUT2D eigenvalue weighted by molar-refractivity contribution is 5.81. The lowest BCUT2D eigenvalue weighted by Gasteiger charge is -2.34. The number of carbonyl (C=O) groups excluding carboxylic acids is 2. The number of hydrogen-bond donors (Lipinski definition) is 0. The van der Waals surface area contributed by atoms with Crippen LogP contribution < -0.4 is 0 Å². The third-order valence-electron chi connectivity index (χ3n) is 2.98. The normalized spacial score (nSPS) is 13.1. The van der Waals surface area contributed by atoms with Crippen molar-refractivity contribution in [1.82, 2.24) is 0 Å². The van der Waals surface area contributed by atoms with E-state index in [1.54, 1.807) is 20.8 Å². The van der Waals surface area contributed by atoms with E-state index in [2.05, 4.69) is 4.74 Å². The second-order valence-electron chi connectivity index (χ2n) is 5.20. The molecular formula is C12H20F2O4. The number of methoxy groups -OCH3 is 1. The molecule has 0 rings (SSSR count). The summed E-state index contributed by atoms with van der Waals surface area (Å²) in [5.41, 5.74) is -3.15. The van der Waals surface area contributed by atoms with E-state index in [1.807, 2.05) is 0 Å². The second-order valence-corrected chi connectivity index (χ2v) is 5.20. The number of alkyl halides is 2. The largest absolute Gasteiger partial charge is 0.464 e. The van der Waals surface area contributed by atoms with Crippen LogP contribution in [0.5, 0.6) is 0 Å². The molecule has 0 fully saturated rings. The minimum Gasteiger partial charge on any atom is -0.464 e. The van der Waals surface area contributed by atoms with Gasteiger partial charge in [-0.25, -0.2) is 4.79 Å². The summed E-state index contributed by atoms with van der Waals surface area (Å²) in [4.78, 5) is 22.8. The van der Waals surface area contributed by atoms with Gasteiger partial charge in [-0.15, -0.1) is 0 Å². The Labute approximate surface area is 106 Å². The van der Waals surface area contributed by atoms with E-state index in [9.17, 15) is 18.4 Å². The molecule has 0 saturated heterocycles. The van der Waals surface area contributed by atoms with Crippen molar-refractivity contribution in [3.05, 3.63) is 0 Å². The van der Waals surface area contributed by atoms with Crippen LogP contribution in [0.15, 0.2) is 0 Å². The first-order valence-electron chi connectivity index (χ1n) is 5.62. The van der Waals surface area contributed by atoms with Crippen LogP contribution in [0, 0.1) is 5.41 Å². The Morgan fingerprint density at radius 1 is 1.06 bits per heavy atom. The van der Waals surface area contributed by atoms with Crippen molar-refractivity contribution >= 4 is 11.9 Å². The fourth-order valence-electron chi connectivity index (χ4n) is 0.952. The predicted molar refractivity (Wildman–Crippen MR) is 61.2 cm³/mol. The first-order valence-corrected chi connectivity index (χ1v) is 5.62. The minimum absolute atomic E-state index is 0.436. The summed E-state index contributed by atoms with van der Waals surface area (Å²) in [5, 5.41) is 0. The Morgan fingerprint density at radius 2 is 1.50 bits per heavy atom. The molecule has 4 nitrogen and oxygen atoms in total. The molecule has 106 valence electrons. The van der Waals surface area contributed by atoms with Crippen LogP contribution in [-0.2, 0) is 19.1 Å². The summed E-state index contributed by atoms with van der Waals surface area (Å²) in [6.07, 6.45) is 0.436. The van der Waals surface area contributed by atoms with Crippen LogP contribution in [0.25, 0.3) is 0 Å². The molecule has 0 radical (unpaired) electrons. The van der Waals surface area contributed by atoms with Crippen LogP contribution in [0.2, 0.25) is 0 Å². The Morgan fingerprint density at radius 3 is 1.83 bits per heavy atom. The van der Waals surface area contributed by atoms with Gasteiger partial charge in [-0.05, 0) is 34.1 Å². The maximum Gasteiger partial charge on any atom is 0.381 e. The molecule has 0 unspecified atom stereocenters. The first kappa shape index (κ1) is 16.8. The van der Waals surface area contributed by atoms with Crippen LogP contribution in [0.4, 0.5) is 8.78 Å². The molecule has 0 N–H and O–H groups in total. The highest BCUT2D eigenvalue weighted by atomic mass is 19.3. The average Bonchev–Trinajstić information content (AvgIpc) is 2.26. The number of halogens is 2. The highest BCUT2D eigenvalue weighted by Gasteiger charge is 2.58. The van der Waals surface area contributed by atoms with Gasteiger partial charge in [0.25, 0.3) is 0 Å². The molecule has 0 aliphatic carbocycles. The van der Waals surface area contributed by atoms with E-state index in [0.29, 0.717) is 6.42 Å². The molecule has 0 aromatic heterocycles. The SMILES string of the molecule is CCC(C)(C)C(=O)OC(C)(C)C(F)(F)C(=O)OC. The molecule has 0 spiro atoms. The Bertz CT molecular complexity index is 335. The molecule has 0 aromatic carbocycles. The Kier molecular flexibility index (Phi) is 4.85. The standard InChI is InChI=1S/C12H20F2O4/c1-7-10(2,3)8(15)18-11(4,5)12(13,14)9(16)17-6/h7H2,1-6H3. The second kappa shape index (κ2) is 5.20. The molecule has 18 heavy (non-hydrogen) atoms. The average molecular weight is 266 g/mol. The van der Waals surface area contributed by atoms with Crippen molar-refractivity contribution in [1.29, 1.82) is 0 Å². The molecule has 0 bridgehead atoms. The zero-order valence-electron chi connectivity index (χ0n) is 11.6. The van der Waals surface area contributed by atoms with E-state index in [-0.39, 0.29) is 0 Å². The van der Waals surface area contributed by atoms with E-state index >= 15 is 0 Å². The maximum atomic E-state index is 13.7. The van der Waals surface area contributed by atoms with Gasteiger partial charge in [-0.1, -0.05) is 6.92 Å². The van der Waals surface area contributed by atoms with Crippen molar-refractivity contribution in [3.63, 3.8) is 0 Å². The lowest BCUT2D eigenvalue weighted by Crippen LogP contribution is -2.53. The molecule has 0 amide bonds. The van der Waals surface area contributed by atoms with Crippen LogP contribution in [-0.4, -0.2) is 30.6 Å². The van der Waals surface area contributed by atoms with Gasteiger partial charge in [0.05, 0.1) is 12.5 Å². The molecule has 0 aromatic rings. The smallest absolute Gasteiger partial charge is 0.381 e. The lowest BCUT2D eigenvalue weighted by molar-refractivity contribution is -0.220. The van der Waals surface area contributed by atoms with E-state index in [4.69, 9.17) is 4.74 Å². The summed E-state index contributed by atoms with van der Waals surface area (Å²) in [6.45, 7) is 6.87. The Balaban J connectivity index is 5.08. The van der Waals surface area contributed by atoms with Crippen molar-refractivity contribution in [3.8, 4) is 0 Å². The van der Waals surface area contributed by atoms with Gasteiger partial charge in [-0.2, -0.15) is 8.78 Å². The van der Waals surface area contributed by atoms with E-state index in [1.165, 1.54) is 0 Å². The van der Waals surface area contributed by atoms with Gasteiger partial charge in [0.2, 0.25) is 0 Å². The molecule has 6 heteroatoms. The minimum atomic E-state index is -3.90. The zero-order chi connectivity index (χ0) is 14.8. The van der Waals surface area contributed by atoms with Gasteiger partial charge in [0.1, 0.15) is 0 Å². The molecule has 0 atom stereocenters. The number of rotatable bonds is 5. The zero-order valence-corrected chi connectivity index (χ0v) is 11.6. The number of hydrogen-bond acceptors (Lipinski definition) is 4. The van der Waals surface area contributed by atoms with E-state index in [0.717, 1.165) is 21.0 Å². The summed E-state index contributed by atoms with van der Waals surface area (Å²) < 4.78 is 36.2. The number of ether oxygens (including phenoxy) is 2. The Hall–Kier alpha value is -1.20.